The molecule has 2 aromatic carbocycles. The number of halogens is 1. The van der Waals surface area contributed by atoms with Gasteiger partial charge in [0.15, 0.2) is 0 Å². The molecule has 0 aliphatic heterocycles. The SMILES string of the molecule is Cc1ccc(CN(CCc2ccccc2)C(=O)CN(CCC(C)C)S(=O)(=O)c2ccc(Cl)cc2)o1. The second-order valence-corrected chi connectivity index (χ2v) is 11.4. The van der Waals surface area contributed by atoms with E-state index in [1.165, 1.54) is 16.4 Å². The minimum Gasteiger partial charge on any atom is -0.464 e. The van der Waals surface area contributed by atoms with Crippen LogP contribution < -0.4 is 0 Å². The van der Waals surface area contributed by atoms with Crippen LogP contribution in [0.4, 0.5) is 0 Å². The molecule has 0 fully saturated rings. The van der Waals surface area contributed by atoms with Crippen LogP contribution in [0.25, 0.3) is 0 Å². The highest BCUT2D eigenvalue weighted by molar-refractivity contribution is 7.89. The summed E-state index contributed by atoms with van der Waals surface area (Å²) in [7, 11) is -3.87. The maximum atomic E-state index is 13.5. The Morgan fingerprint density at radius 2 is 1.66 bits per heavy atom. The molecule has 0 aliphatic carbocycles. The van der Waals surface area contributed by atoms with Crippen molar-refractivity contribution in [1.82, 2.24) is 9.21 Å². The third-order valence-corrected chi connectivity index (χ3v) is 7.84. The summed E-state index contributed by atoms with van der Waals surface area (Å²) in [5.74, 6) is 1.45. The van der Waals surface area contributed by atoms with E-state index >= 15 is 0 Å². The van der Waals surface area contributed by atoms with Crippen LogP contribution in [0.1, 0.15) is 37.4 Å². The van der Waals surface area contributed by atoms with E-state index in [-0.39, 0.29) is 36.4 Å². The molecule has 0 N–H and O–H groups in total. The van der Waals surface area contributed by atoms with Gasteiger partial charge >= 0.3 is 0 Å². The summed E-state index contributed by atoms with van der Waals surface area (Å²) < 4.78 is 33.9. The van der Waals surface area contributed by atoms with Gasteiger partial charge in [-0.3, -0.25) is 4.79 Å². The molecule has 3 rings (SSSR count). The molecule has 188 valence electrons. The van der Waals surface area contributed by atoms with Gasteiger partial charge in [-0.2, -0.15) is 4.31 Å². The molecule has 0 aliphatic rings. The van der Waals surface area contributed by atoms with Crippen molar-refractivity contribution in [3.05, 3.63) is 88.8 Å². The highest BCUT2D eigenvalue weighted by atomic mass is 35.5. The van der Waals surface area contributed by atoms with Crippen LogP contribution in [0, 0.1) is 12.8 Å². The zero-order chi connectivity index (χ0) is 25.4. The van der Waals surface area contributed by atoms with Crippen LogP contribution in [-0.2, 0) is 27.8 Å². The second-order valence-electron chi connectivity index (χ2n) is 9.04. The summed E-state index contributed by atoms with van der Waals surface area (Å²) in [4.78, 5) is 15.3. The number of sulfonamides is 1. The average Bonchev–Trinajstić information content (AvgIpc) is 3.24. The first-order chi connectivity index (χ1) is 16.6. The lowest BCUT2D eigenvalue weighted by Crippen LogP contribution is -2.43. The van der Waals surface area contributed by atoms with Crippen LogP contribution >= 0.6 is 11.6 Å². The van der Waals surface area contributed by atoms with E-state index in [0.29, 0.717) is 30.2 Å². The number of furan rings is 1. The minimum absolute atomic E-state index is 0.121. The summed E-state index contributed by atoms with van der Waals surface area (Å²) in [6, 6.07) is 19.6. The Hall–Kier alpha value is -2.61. The minimum atomic E-state index is -3.87. The van der Waals surface area contributed by atoms with Crippen LogP contribution in [0.3, 0.4) is 0 Å². The van der Waals surface area contributed by atoms with Crippen molar-refractivity contribution >= 4 is 27.5 Å². The molecular formula is C27H33ClN2O4S. The highest BCUT2D eigenvalue weighted by Crippen LogP contribution is 2.20. The Kier molecular flexibility index (Phi) is 9.55. The van der Waals surface area contributed by atoms with Gasteiger partial charge in [-0.25, -0.2) is 8.42 Å². The number of amides is 1. The number of aryl methyl sites for hydroxylation is 1. The Morgan fingerprint density at radius 3 is 2.26 bits per heavy atom. The fourth-order valence-corrected chi connectivity index (χ4v) is 5.18. The molecule has 0 spiro atoms. The smallest absolute Gasteiger partial charge is 0.243 e. The highest BCUT2D eigenvalue weighted by Gasteiger charge is 2.29. The van der Waals surface area contributed by atoms with Gasteiger partial charge in [0.25, 0.3) is 0 Å². The van der Waals surface area contributed by atoms with Gasteiger partial charge in [-0.15, -0.1) is 0 Å². The van der Waals surface area contributed by atoms with Crippen molar-refractivity contribution in [2.75, 3.05) is 19.6 Å². The molecule has 0 bridgehead atoms. The monoisotopic (exact) mass is 516 g/mol. The number of nitrogens with zero attached hydrogens (tertiary/aromatic N) is 2. The van der Waals surface area contributed by atoms with Crippen molar-refractivity contribution in [3.8, 4) is 0 Å². The first kappa shape index (κ1) is 27.0. The van der Waals surface area contributed by atoms with Crippen LogP contribution in [0.5, 0.6) is 0 Å². The molecule has 35 heavy (non-hydrogen) atoms. The Balaban J connectivity index is 1.83. The van der Waals surface area contributed by atoms with Gasteiger partial charge in [-0.1, -0.05) is 55.8 Å². The second kappa shape index (κ2) is 12.4. The van der Waals surface area contributed by atoms with Gasteiger partial charge in [0.1, 0.15) is 11.5 Å². The third-order valence-electron chi connectivity index (χ3n) is 5.73. The van der Waals surface area contributed by atoms with Crippen molar-refractivity contribution in [2.45, 2.75) is 45.1 Å². The molecule has 0 atom stereocenters. The standard InChI is InChI=1S/C27H33ClN2O4S/c1-21(2)15-18-30(35(32,33)26-13-10-24(28)11-14-26)20-27(31)29(19-25-12-9-22(3)34-25)17-16-23-7-5-4-6-8-23/h4-14,21H,15-20H2,1-3H3. The summed E-state index contributed by atoms with van der Waals surface area (Å²) in [5, 5.41) is 0.453. The fraction of sp³-hybridized carbons (Fsp3) is 0.370. The zero-order valence-corrected chi connectivity index (χ0v) is 22.1. The van der Waals surface area contributed by atoms with Gasteiger partial charge in [-0.05, 0) is 67.6 Å². The number of benzene rings is 2. The van der Waals surface area contributed by atoms with E-state index < -0.39 is 10.0 Å². The lowest BCUT2D eigenvalue weighted by molar-refractivity contribution is -0.132. The number of carbonyl (C=O) groups is 1. The summed E-state index contributed by atoms with van der Waals surface area (Å²) in [6.07, 6.45) is 1.30. The summed E-state index contributed by atoms with van der Waals surface area (Å²) in [6.45, 7) is 6.64. The Labute approximate surface area is 213 Å². The topological polar surface area (TPSA) is 70.8 Å². The molecule has 8 heteroatoms. The van der Waals surface area contributed by atoms with E-state index in [9.17, 15) is 13.2 Å². The lowest BCUT2D eigenvalue weighted by Gasteiger charge is -2.27. The molecule has 0 radical (unpaired) electrons. The van der Waals surface area contributed by atoms with Gasteiger partial charge in [0, 0.05) is 18.1 Å². The predicted molar refractivity (Wildman–Crippen MR) is 139 cm³/mol. The normalized spacial score (nSPS) is 11.8. The van der Waals surface area contributed by atoms with Crippen molar-refractivity contribution < 1.29 is 17.6 Å². The summed E-state index contributed by atoms with van der Waals surface area (Å²) in [5.41, 5.74) is 1.10. The molecular weight excluding hydrogens is 484 g/mol. The Bertz CT molecular complexity index is 1190. The number of carbonyl (C=O) groups excluding carboxylic acids is 1. The molecule has 3 aromatic rings. The number of rotatable bonds is 12. The molecule has 0 saturated heterocycles. The molecule has 6 nitrogen and oxygen atoms in total. The Morgan fingerprint density at radius 1 is 0.971 bits per heavy atom. The first-order valence-electron chi connectivity index (χ1n) is 11.8. The largest absolute Gasteiger partial charge is 0.464 e. The maximum absolute atomic E-state index is 13.5. The zero-order valence-electron chi connectivity index (χ0n) is 20.5. The van der Waals surface area contributed by atoms with Gasteiger partial charge < -0.3 is 9.32 Å². The van der Waals surface area contributed by atoms with E-state index in [0.717, 1.165) is 11.3 Å². The molecule has 1 heterocycles. The van der Waals surface area contributed by atoms with Crippen LogP contribution in [0.2, 0.25) is 5.02 Å². The summed E-state index contributed by atoms with van der Waals surface area (Å²) >= 11 is 5.96. The van der Waals surface area contributed by atoms with E-state index in [4.69, 9.17) is 16.0 Å². The van der Waals surface area contributed by atoms with E-state index in [2.05, 4.69) is 0 Å². The quantitative estimate of drug-likeness (QED) is 0.316. The molecule has 1 amide bonds. The number of hydrogen-bond donors (Lipinski definition) is 0. The lowest BCUT2D eigenvalue weighted by atomic mass is 10.1. The van der Waals surface area contributed by atoms with Crippen LogP contribution in [0.15, 0.2) is 76.0 Å². The van der Waals surface area contributed by atoms with Crippen molar-refractivity contribution in [2.24, 2.45) is 5.92 Å². The van der Waals surface area contributed by atoms with Crippen LogP contribution in [-0.4, -0.2) is 43.2 Å². The fourth-order valence-electron chi connectivity index (χ4n) is 3.65. The third kappa shape index (κ3) is 7.95. The van der Waals surface area contributed by atoms with Gasteiger partial charge in [0.05, 0.1) is 18.0 Å². The number of hydrogen-bond acceptors (Lipinski definition) is 4. The van der Waals surface area contributed by atoms with Crippen molar-refractivity contribution in [3.63, 3.8) is 0 Å². The molecule has 1 aromatic heterocycles. The van der Waals surface area contributed by atoms with E-state index in [1.54, 1.807) is 17.0 Å². The predicted octanol–water partition coefficient (Wildman–Crippen LogP) is 5.55. The first-order valence-corrected chi connectivity index (χ1v) is 13.6. The van der Waals surface area contributed by atoms with E-state index in [1.807, 2.05) is 63.2 Å². The molecule has 0 unspecified atom stereocenters. The average molecular weight is 517 g/mol. The van der Waals surface area contributed by atoms with Gasteiger partial charge in [0.2, 0.25) is 15.9 Å². The van der Waals surface area contributed by atoms with Crippen molar-refractivity contribution in [1.29, 1.82) is 0 Å². The molecule has 0 saturated carbocycles. The maximum Gasteiger partial charge on any atom is 0.243 e.